The Morgan fingerprint density at radius 1 is 1.44 bits per heavy atom. The lowest BCUT2D eigenvalue weighted by atomic mass is 10.2. The highest BCUT2D eigenvalue weighted by Crippen LogP contribution is 2.20. The molecule has 0 aliphatic heterocycles. The maximum Gasteiger partial charge on any atom is 0.323 e. The number of ether oxygens (including phenoxy) is 2. The van der Waals surface area contributed by atoms with E-state index in [2.05, 4.69) is 10.2 Å². The molecule has 0 amide bonds. The van der Waals surface area contributed by atoms with Crippen LogP contribution in [0.3, 0.4) is 0 Å². The number of nitrogens with one attached hydrogen (secondary N) is 1. The van der Waals surface area contributed by atoms with Gasteiger partial charge in [-0.05, 0) is 39.8 Å². The summed E-state index contributed by atoms with van der Waals surface area (Å²) in [6.07, 6.45) is 3.14. The van der Waals surface area contributed by atoms with E-state index in [4.69, 9.17) is 9.47 Å². The van der Waals surface area contributed by atoms with Gasteiger partial charge in [0.2, 0.25) is 0 Å². The second-order valence-electron chi connectivity index (χ2n) is 4.83. The molecular formula is C13H26N2O3. The number of methoxy groups -OCH3 is 1. The second-order valence-corrected chi connectivity index (χ2v) is 4.83. The molecule has 106 valence electrons. The van der Waals surface area contributed by atoms with Crippen molar-refractivity contribution in [3.8, 4) is 0 Å². The van der Waals surface area contributed by atoms with Crippen molar-refractivity contribution < 1.29 is 14.3 Å². The zero-order chi connectivity index (χ0) is 13.4. The number of nitrogens with zero attached hydrogens (tertiary/aromatic N) is 1. The molecule has 0 bridgehead atoms. The summed E-state index contributed by atoms with van der Waals surface area (Å²) in [6, 6.07) is 0.353. The van der Waals surface area contributed by atoms with Crippen molar-refractivity contribution in [3.63, 3.8) is 0 Å². The van der Waals surface area contributed by atoms with Gasteiger partial charge in [0.25, 0.3) is 0 Å². The number of esters is 1. The highest BCUT2D eigenvalue weighted by atomic mass is 16.5. The van der Waals surface area contributed by atoms with E-state index >= 15 is 0 Å². The number of carbonyl (C=O) groups is 1. The summed E-state index contributed by atoms with van der Waals surface area (Å²) in [7, 11) is 3.74. The van der Waals surface area contributed by atoms with Gasteiger partial charge in [0.05, 0.1) is 13.2 Å². The summed E-state index contributed by atoms with van der Waals surface area (Å²) < 4.78 is 10.1. The topological polar surface area (TPSA) is 50.8 Å². The van der Waals surface area contributed by atoms with Gasteiger partial charge in [0, 0.05) is 19.7 Å². The third-order valence-corrected chi connectivity index (χ3v) is 3.06. The molecule has 0 aromatic rings. The highest BCUT2D eigenvalue weighted by molar-refractivity contribution is 5.75. The molecule has 0 aromatic carbocycles. The molecule has 5 nitrogen and oxygen atoms in total. The molecule has 0 aromatic heterocycles. The summed E-state index contributed by atoms with van der Waals surface area (Å²) in [5.74, 6) is -0.121. The summed E-state index contributed by atoms with van der Waals surface area (Å²) in [4.78, 5) is 14.0. The van der Waals surface area contributed by atoms with Crippen molar-refractivity contribution >= 4 is 5.97 Å². The van der Waals surface area contributed by atoms with E-state index in [0.717, 1.165) is 26.1 Å². The molecule has 1 N–H and O–H groups in total. The van der Waals surface area contributed by atoms with Crippen molar-refractivity contribution in [2.24, 2.45) is 0 Å². The zero-order valence-electron chi connectivity index (χ0n) is 11.8. The van der Waals surface area contributed by atoms with Crippen LogP contribution in [0.2, 0.25) is 0 Å². The number of likely N-dealkylation sites (N-methyl/N-ethyl adjacent to an activating group) is 1. The van der Waals surface area contributed by atoms with Gasteiger partial charge in [0.1, 0.15) is 6.04 Å². The molecule has 0 radical (unpaired) electrons. The first-order valence-electron chi connectivity index (χ1n) is 6.77. The number of hydrogen-bond donors (Lipinski definition) is 1. The van der Waals surface area contributed by atoms with Crippen LogP contribution in [0.25, 0.3) is 0 Å². The summed E-state index contributed by atoms with van der Waals surface area (Å²) in [5.41, 5.74) is 0. The van der Waals surface area contributed by atoms with E-state index in [1.54, 1.807) is 7.11 Å². The minimum atomic E-state index is -0.164. The molecule has 1 saturated carbocycles. The lowest BCUT2D eigenvalue weighted by Gasteiger charge is -2.21. The first-order chi connectivity index (χ1) is 8.67. The van der Waals surface area contributed by atoms with Crippen LogP contribution in [0.4, 0.5) is 0 Å². The maximum absolute atomic E-state index is 11.8. The minimum absolute atomic E-state index is 0.121. The normalized spacial score (nSPS) is 16.9. The van der Waals surface area contributed by atoms with Crippen LogP contribution in [-0.2, 0) is 14.3 Å². The lowest BCUT2D eigenvalue weighted by molar-refractivity contribution is -0.146. The van der Waals surface area contributed by atoms with Gasteiger partial charge < -0.3 is 19.7 Å². The van der Waals surface area contributed by atoms with Crippen LogP contribution >= 0.6 is 0 Å². The summed E-state index contributed by atoms with van der Waals surface area (Å²) >= 11 is 0. The van der Waals surface area contributed by atoms with Gasteiger partial charge in [-0.25, -0.2) is 0 Å². The van der Waals surface area contributed by atoms with Gasteiger partial charge >= 0.3 is 5.97 Å². The highest BCUT2D eigenvalue weighted by Gasteiger charge is 2.29. The van der Waals surface area contributed by atoms with Crippen molar-refractivity contribution in [1.82, 2.24) is 10.2 Å². The Bertz CT molecular complexity index is 244. The second kappa shape index (κ2) is 8.45. The van der Waals surface area contributed by atoms with Crippen molar-refractivity contribution in [1.29, 1.82) is 0 Å². The SMILES string of the molecule is CCOC(=O)C(CCN(C)CCOC)NC1CC1. The van der Waals surface area contributed by atoms with E-state index in [0.29, 0.717) is 12.6 Å². The fourth-order valence-corrected chi connectivity index (χ4v) is 1.76. The smallest absolute Gasteiger partial charge is 0.323 e. The first kappa shape index (κ1) is 15.4. The van der Waals surface area contributed by atoms with E-state index in [1.165, 1.54) is 12.8 Å². The van der Waals surface area contributed by atoms with E-state index in [-0.39, 0.29) is 12.0 Å². The van der Waals surface area contributed by atoms with E-state index < -0.39 is 0 Å². The Kier molecular flexibility index (Phi) is 7.23. The van der Waals surface area contributed by atoms with Gasteiger partial charge in [-0.1, -0.05) is 0 Å². The maximum atomic E-state index is 11.8. The summed E-state index contributed by atoms with van der Waals surface area (Å²) in [6.45, 7) is 4.76. The van der Waals surface area contributed by atoms with E-state index in [1.807, 2.05) is 14.0 Å². The lowest BCUT2D eigenvalue weighted by Crippen LogP contribution is -2.42. The minimum Gasteiger partial charge on any atom is -0.465 e. The number of hydrogen-bond acceptors (Lipinski definition) is 5. The first-order valence-corrected chi connectivity index (χ1v) is 6.77. The molecule has 1 atom stereocenters. The molecule has 0 saturated heterocycles. The largest absolute Gasteiger partial charge is 0.465 e. The quantitative estimate of drug-likeness (QED) is 0.583. The molecule has 1 rings (SSSR count). The third kappa shape index (κ3) is 6.33. The Hall–Kier alpha value is -0.650. The Morgan fingerprint density at radius 2 is 2.17 bits per heavy atom. The molecule has 1 aliphatic rings. The third-order valence-electron chi connectivity index (χ3n) is 3.06. The van der Waals surface area contributed by atoms with Crippen molar-refractivity contribution in [2.45, 2.75) is 38.3 Å². The predicted octanol–water partition coefficient (Wildman–Crippen LogP) is 0.638. The molecular weight excluding hydrogens is 232 g/mol. The zero-order valence-corrected chi connectivity index (χ0v) is 11.8. The Labute approximate surface area is 110 Å². The standard InChI is InChI=1S/C13H26N2O3/c1-4-18-13(16)12(14-11-5-6-11)7-8-15(2)9-10-17-3/h11-12,14H,4-10H2,1-3H3. The van der Waals surface area contributed by atoms with Gasteiger partial charge in [0.15, 0.2) is 0 Å². The Balaban J connectivity index is 2.28. The average molecular weight is 258 g/mol. The Morgan fingerprint density at radius 3 is 2.72 bits per heavy atom. The number of carbonyl (C=O) groups excluding carboxylic acids is 1. The van der Waals surface area contributed by atoms with Crippen LogP contribution < -0.4 is 5.32 Å². The fourth-order valence-electron chi connectivity index (χ4n) is 1.76. The van der Waals surface area contributed by atoms with Crippen molar-refractivity contribution in [3.05, 3.63) is 0 Å². The van der Waals surface area contributed by atoms with Crippen LogP contribution in [0.1, 0.15) is 26.2 Å². The fraction of sp³-hybridized carbons (Fsp3) is 0.923. The monoisotopic (exact) mass is 258 g/mol. The van der Waals surface area contributed by atoms with Crippen LogP contribution in [-0.4, -0.2) is 63.4 Å². The van der Waals surface area contributed by atoms with Gasteiger partial charge in [-0.3, -0.25) is 4.79 Å². The summed E-state index contributed by atoms with van der Waals surface area (Å²) in [5, 5.41) is 3.35. The molecule has 1 unspecified atom stereocenters. The predicted molar refractivity (Wildman–Crippen MR) is 70.6 cm³/mol. The molecule has 0 heterocycles. The van der Waals surface area contributed by atoms with Gasteiger partial charge in [-0.15, -0.1) is 0 Å². The number of rotatable bonds is 10. The van der Waals surface area contributed by atoms with Crippen LogP contribution in [0.15, 0.2) is 0 Å². The average Bonchev–Trinajstić information content (AvgIpc) is 3.15. The molecule has 0 spiro atoms. The van der Waals surface area contributed by atoms with Gasteiger partial charge in [-0.2, -0.15) is 0 Å². The molecule has 18 heavy (non-hydrogen) atoms. The molecule has 1 aliphatic carbocycles. The molecule has 1 fully saturated rings. The van der Waals surface area contributed by atoms with Crippen molar-refractivity contribution in [2.75, 3.05) is 40.5 Å². The molecule has 5 heteroatoms. The van der Waals surface area contributed by atoms with Crippen LogP contribution in [0.5, 0.6) is 0 Å². The van der Waals surface area contributed by atoms with E-state index in [9.17, 15) is 4.79 Å². The van der Waals surface area contributed by atoms with Crippen LogP contribution in [0, 0.1) is 0 Å².